The van der Waals surface area contributed by atoms with Gasteiger partial charge in [0, 0.05) is 13.0 Å². The zero-order chi connectivity index (χ0) is 10.3. The van der Waals surface area contributed by atoms with Crippen molar-refractivity contribution in [3.8, 4) is 0 Å². The molecule has 3 rings (SSSR count). The van der Waals surface area contributed by atoms with E-state index in [1.807, 2.05) is 0 Å². The number of hydrogen-bond donors (Lipinski definition) is 1. The molecule has 76 valence electrons. The summed E-state index contributed by atoms with van der Waals surface area (Å²) >= 11 is 5.78. The molecule has 4 heteroatoms. The molecule has 0 radical (unpaired) electrons. The molecule has 3 nitrogen and oxygen atoms in total. The molecular formula is C10H11ClO3. The molecule has 0 fully saturated rings. The average molecular weight is 215 g/mol. The average Bonchev–Trinajstić information content (AvgIpc) is 2.38. The van der Waals surface area contributed by atoms with E-state index in [-0.39, 0.29) is 22.5 Å². The Hall–Kier alpha value is -0.800. The lowest BCUT2D eigenvalue weighted by molar-refractivity contribution is -0.117. The maximum absolute atomic E-state index is 11.6. The van der Waals surface area contributed by atoms with Crippen molar-refractivity contribution in [3.63, 3.8) is 0 Å². The molecule has 0 spiro atoms. The third-order valence-electron chi connectivity index (χ3n) is 2.95. The minimum Gasteiger partial charge on any atom is -0.507 e. The number of aliphatic hydroxyl groups is 1. The van der Waals surface area contributed by atoms with Gasteiger partial charge in [-0.3, -0.25) is 4.79 Å². The van der Waals surface area contributed by atoms with Crippen LogP contribution in [-0.4, -0.2) is 23.6 Å². The molecule has 3 aliphatic rings. The van der Waals surface area contributed by atoms with E-state index in [1.165, 1.54) is 7.11 Å². The lowest BCUT2D eigenvalue weighted by Crippen LogP contribution is -2.33. The van der Waals surface area contributed by atoms with E-state index < -0.39 is 5.60 Å². The van der Waals surface area contributed by atoms with Gasteiger partial charge in [0.1, 0.15) is 10.6 Å². The summed E-state index contributed by atoms with van der Waals surface area (Å²) in [6.45, 7) is 0. The van der Waals surface area contributed by atoms with E-state index in [1.54, 1.807) is 12.2 Å². The molecule has 0 amide bonds. The van der Waals surface area contributed by atoms with Crippen LogP contribution in [0.1, 0.15) is 12.8 Å². The lowest BCUT2D eigenvalue weighted by Gasteiger charge is -2.30. The first-order valence-corrected chi connectivity index (χ1v) is 4.86. The van der Waals surface area contributed by atoms with Crippen molar-refractivity contribution in [2.24, 2.45) is 5.92 Å². The minimum absolute atomic E-state index is 0.0839. The first-order chi connectivity index (χ1) is 6.60. The molecule has 0 saturated carbocycles. The highest BCUT2D eigenvalue weighted by Gasteiger charge is 2.43. The summed E-state index contributed by atoms with van der Waals surface area (Å²) in [5.41, 5.74) is -0.875. The molecule has 0 unspecified atom stereocenters. The number of hydrogen-bond acceptors (Lipinski definition) is 3. The summed E-state index contributed by atoms with van der Waals surface area (Å²) in [6, 6.07) is 0. The van der Waals surface area contributed by atoms with Crippen LogP contribution in [0.2, 0.25) is 0 Å². The number of carbonyl (C=O) groups is 1. The maximum atomic E-state index is 11.6. The first-order valence-electron chi connectivity index (χ1n) is 4.48. The SMILES string of the molecule is CO[C@@]12C=C[C@H](CC1)C(=O)C(Cl)=C2O. The quantitative estimate of drug-likeness (QED) is 0.679. The first kappa shape index (κ1) is 9.74. The van der Waals surface area contributed by atoms with Gasteiger partial charge in [0.15, 0.2) is 11.5 Å². The number of fused-ring (bicyclic) bond motifs is 2. The smallest absolute Gasteiger partial charge is 0.184 e. The van der Waals surface area contributed by atoms with Gasteiger partial charge in [-0.2, -0.15) is 0 Å². The van der Waals surface area contributed by atoms with Gasteiger partial charge >= 0.3 is 0 Å². The Balaban J connectivity index is 2.58. The Morgan fingerprint density at radius 3 is 2.93 bits per heavy atom. The molecule has 3 aliphatic carbocycles. The van der Waals surface area contributed by atoms with E-state index in [2.05, 4.69) is 0 Å². The number of carbonyl (C=O) groups excluding carboxylic acids is 1. The summed E-state index contributed by atoms with van der Waals surface area (Å²) in [5.74, 6) is -0.560. The molecule has 0 heterocycles. The summed E-state index contributed by atoms with van der Waals surface area (Å²) < 4.78 is 5.25. The van der Waals surface area contributed by atoms with E-state index >= 15 is 0 Å². The van der Waals surface area contributed by atoms with Crippen molar-refractivity contribution < 1.29 is 14.6 Å². The maximum Gasteiger partial charge on any atom is 0.184 e. The molecular weight excluding hydrogens is 204 g/mol. The Kier molecular flexibility index (Phi) is 2.16. The number of aliphatic hydroxyl groups excluding tert-OH is 1. The van der Waals surface area contributed by atoms with Crippen LogP contribution in [0.3, 0.4) is 0 Å². The van der Waals surface area contributed by atoms with Gasteiger partial charge in [0.2, 0.25) is 0 Å². The Morgan fingerprint density at radius 1 is 1.71 bits per heavy atom. The molecule has 0 saturated heterocycles. The normalized spacial score (nSPS) is 36.4. The molecule has 2 bridgehead atoms. The monoisotopic (exact) mass is 214 g/mol. The number of methoxy groups -OCH3 is 1. The van der Waals surface area contributed by atoms with E-state index in [0.29, 0.717) is 12.8 Å². The second-order valence-electron chi connectivity index (χ2n) is 3.62. The fraction of sp³-hybridized carbons (Fsp3) is 0.500. The van der Waals surface area contributed by atoms with Crippen molar-refractivity contribution in [2.75, 3.05) is 7.11 Å². The Morgan fingerprint density at radius 2 is 2.43 bits per heavy atom. The van der Waals surface area contributed by atoms with Crippen LogP contribution in [0, 0.1) is 5.92 Å². The van der Waals surface area contributed by atoms with Gasteiger partial charge in [-0.1, -0.05) is 17.7 Å². The zero-order valence-corrected chi connectivity index (χ0v) is 8.54. The van der Waals surface area contributed by atoms with Gasteiger partial charge in [-0.25, -0.2) is 0 Å². The Bertz CT molecular complexity index is 345. The molecule has 2 atom stereocenters. The highest BCUT2D eigenvalue weighted by atomic mass is 35.5. The molecule has 0 aromatic carbocycles. The third kappa shape index (κ3) is 1.12. The van der Waals surface area contributed by atoms with Crippen molar-refractivity contribution >= 4 is 17.4 Å². The third-order valence-corrected chi connectivity index (χ3v) is 3.32. The van der Waals surface area contributed by atoms with Crippen LogP contribution in [0.4, 0.5) is 0 Å². The zero-order valence-electron chi connectivity index (χ0n) is 7.79. The second kappa shape index (κ2) is 3.11. The van der Waals surface area contributed by atoms with Crippen LogP contribution in [-0.2, 0) is 9.53 Å². The predicted octanol–water partition coefficient (Wildman–Crippen LogP) is 1.93. The number of ketones is 1. The van der Waals surface area contributed by atoms with Crippen LogP contribution in [0.25, 0.3) is 0 Å². The van der Waals surface area contributed by atoms with Crippen molar-refractivity contribution in [2.45, 2.75) is 18.4 Å². The van der Waals surface area contributed by atoms with Gasteiger partial charge in [0.25, 0.3) is 0 Å². The number of ether oxygens (including phenoxy) is 1. The van der Waals surface area contributed by atoms with Crippen LogP contribution >= 0.6 is 11.6 Å². The lowest BCUT2D eigenvalue weighted by atomic mass is 9.86. The summed E-state index contributed by atoms with van der Waals surface area (Å²) in [4.78, 5) is 11.6. The fourth-order valence-corrected chi connectivity index (χ4v) is 2.27. The molecule has 0 aromatic heterocycles. The largest absolute Gasteiger partial charge is 0.507 e. The van der Waals surface area contributed by atoms with E-state index in [4.69, 9.17) is 16.3 Å². The molecule has 1 N–H and O–H groups in total. The van der Waals surface area contributed by atoms with Crippen molar-refractivity contribution in [1.82, 2.24) is 0 Å². The molecule has 14 heavy (non-hydrogen) atoms. The number of rotatable bonds is 1. The van der Waals surface area contributed by atoms with Crippen molar-refractivity contribution in [1.29, 1.82) is 0 Å². The van der Waals surface area contributed by atoms with Crippen LogP contribution in [0.15, 0.2) is 22.9 Å². The predicted molar refractivity (Wildman–Crippen MR) is 52.1 cm³/mol. The molecule has 0 aromatic rings. The standard InChI is InChI=1S/C10H11ClO3/c1-14-10-4-2-6(3-5-10)8(12)7(11)9(10)13/h2,4,6,13H,3,5H2,1H3/t6-,10+/m1/s1. The second-order valence-corrected chi connectivity index (χ2v) is 4.00. The highest BCUT2D eigenvalue weighted by molar-refractivity contribution is 6.43. The van der Waals surface area contributed by atoms with Gasteiger partial charge in [0.05, 0.1) is 0 Å². The number of Topliss-reactive ketones (excluding diaryl/α,β-unsaturated/α-hetero) is 1. The fourth-order valence-electron chi connectivity index (χ4n) is 1.97. The molecule has 0 aliphatic heterocycles. The topological polar surface area (TPSA) is 46.5 Å². The van der Waals surface area contributed by atoms with Crippen LogP contribution in [0.5, 0.6) is 0 Å². The Labute approximate surface area is 87.0 Å². The van der Waals surface area contributed by atoms with Gasteiger partial charge in [-0.05, 0) is 18.9 Å². The summed E-state index contributed by atoms with van der Waals surface area (Å²) in [5, 5.41) is 9.73. The van der Waals surface area contributed by atoms with E-state index in [0.717, 1.165) is 0 Å². The van der Waals surface area contributed by atoms with Gasteiger partial charge < -0.3 is 9.84 Å². The minimum atomic E-state index is -0.875. The summed E-state index contributed by atoms with van der Waals surface area (Å²) in [7, 11) is 1.50. The van der Waals surface area contributed by atoms with Crippen LogP contribution < -0.4 is 0 Å². The number of halogens is 1. The van der Waals surface area contributed by atoms with Crippen molar-refractivity contribution in [3.05, 3.63) is 22.9 Å². The van der Waals surface area contributed by atoms with E-state index in [9.17, 15) is 9.90 Å². The van der Waals surface area contributed by atoms with Gasteiger partial charge in [-0.15, -0.1) is 0 Å². The summed E-state index contributed by atoms with van der Waals surface area (Å²) in [6.07, 6.45) is 4.76. The number of allylic oxidation sites excluding steroid dienone is 2. The highest BCUT2D eigenvalue weighted by Crippen LogP contribution is 2.41.